The molecule has 0 unspecified atom stereocenters. The minimum Gasteiger partial charge on any atom is -0.305 e. The normalized spacial score (nSPS) is 11.3. The van der Waals surface area contributed by atoms with Crippen molar-refractivity contribution in [1.29, 1.82) is 0 Å². The van der Waals surface area contributed by atoms with Crippen molar-refractivity contribution in [2.45, 2.75) is 18.0 Å². The maximum atomic E-state index is 12.8. The highest BCUT2D eigenvalue weighted by atomic mass is 35.5. The predicted octanol–water partition coefficient (Wildman–Crippen LogP) is 3.71. The van der Waals surface area contributed by atoms with Crippen LogP contribution in [0.1, 0.15) is 21.5 Å². The molecule has 0 radical (unpaired) electrons. The van der Waals surface area contributed by atoms with Crippen LogP contribution in [0, 0.1) is 0 Å². The smallest absolute Gasteiger partial charge is 0.256 e. The summed E-state index contributed by atoms with van der Waals surface area (Å²) >= 11 is 6.14. The van der Waals surface area contributed by atoms with Gasteiger partial charge in [0.15, 0.2) is 5.82 Å². The Hall–Kier alpha value is -3.53. The number of amides is 1. The van der Waals surface area contributed by atoms with Gasteiger partial charge in [-0.15, -0.1) is 0 Å². The van der Waals surface area contributed by atoms with E-state index >= 15 is 0 Å². The molecule has 8 nitrogen and oxygen atoms in total. The van der Waals surface area contributed by atoms with Gasteiger partial charge in [0.25, 0.3) is 5.91 Å². The lowest BCUT2D eigenvalue weighted by molar-refractivity contribution is 0.102. The third-order valence-electron chi connectivity index (χ3n) is 4.77. The number of pyridine rings is 1. The first-order valence-corrected chi connectivity index (χ1v) is 11.8. The van der Waals surface area contributed by atoms with E-state index in [9.17, 15) is 13.2 Å². The lowest BCUT2D eigenvalue weighted by Gasteiger charge is -2.10. The van der Waals surface area contributed by atoms with E-state index in [4.69, 9.17) is 11.6 Å². The highest BCUT2D eigenvalue weighted by molar-refractivity contribution is 7.89. The van der Waals surface area contributed by atoms with Crippen LogP contribution in [0.5, 0.6) is 0 Å². The van der Waals surface area contributed by atoms with Crippen LogP contribution in [-0.2, 0) is 23.1 Å². The van der Waals surface area contributed by atoms with Crippen LogP contribution in [0.4, 0.5) is 5.82 Å². The Balaban J connectivity index is 1.46. The number of nitrogens with one attached hydrogen (secondary N) is 2. The van der Waals surface area contributed by atoms with E-state index in [-0.39, 0.29) is 22.0 Å². The van der Waals surface area contributed by atoms with Gasteiger partial charge in [-0.3, -0.25) is 14.5 Å². The molecule has 0 bridgehead atoms. The van der Waals surface area contributed by atoms with Gasteiger partial charge >= 0.3 is 0 Å². The molecule has 0 aliphatic rings. The maximum Gasteiger partial charge on any atom is 0.256 e. The van der Waals surface area contributed by atoms with Gasteiger partial charge in [0.05, 0.1) is 11.6 Å². The average molecular weight is 482 g/mol. The van der Waals surface area contributed by atoms with E-state index in [0.29, 0.717) is 12.4 Å². The first kappa shape index (κ1) is 22.7. The zero-order valence-corrected chi connectivity index (χ0v) is 18.9. The zero-order chi connectivity index (χ0) is 23.3. The van der Waals surface area contributed by atoms with Crippen molar-refractivity contribution < 1.29 is 13.2 Å². The summed E-state index contributed by atoms with van der Waals surface area (Å²) in [4.78, 5) is 16.5. The number of hydrogen-bond donors (Lipinski definition) is 2. The number of rotatable bonds is 8. The number of carbonyl (C=O) groups is 1. The molecule has 4 aromatic rings. The number of halogens is 1. The van der Waals surface area contributed by atoms with Crippen molar-refractivity contribution in [2.75, 3.05) is 5.32 Å². The molecule has 0 aliphatic carbocycles. The lowest BCUT2D eigenvalue weighted by Crippen LogP contribution is -2.24. The van der Waals surface area contributed by atoms with E-state index in [1.165, 1.54) is 18.2 Å². The average Bonchev–Trinajstić information content (AvgIpc) is 3.26. The number of hydrogen-bond acceptors (Lipinski definition) is 5. The van der Waals surface area contributed by atoms with Crippen LogP contribution >= 0.6 is 11.6 Å². The van der Waals surface area contributed by atoms with E-state index in [2.05, 4.69) is 20.1 Å². The van der Waals surface area contributed by atoms with Crippen LogP contribution in [0.15, 0.2) is 90.2 Å². The van der Waals surface area contributed by atoms with E-state index in [1.54, 1.807) is 29.3 Å². The Morgan fingerprint density at radius 1 is 0.970 bits per heavy atom. The van der Waals surface area contributed by atoms with Gasteiger partial charge < -0.3 is 5.32 Å². The first-order valence-electron chi connectivity index (χ1n) is 9.97. The molecule has 33 heavy (non-hydrogen) atoms. The molecular formula is C23H20ClN5O3S. The van der Waals surface area contributed by atoms with Crippen LogP contribution < -0.4 is 10.0 Å². The van der Waals surface area contributed by atoms with Crippen LogP contribution in [0.3, 0.4) is 0 Å². The maximum absolute atomic E-state index is 12.8. The molecule has 2 N–H and O–H groups in total. The van der Waals surface area contributed by atoms with Crippen molar-refractivity contribution >= 4 is 33.3 Å². The number of sulfonamides is 1. The molecule has 0 saturated heterocycles. The Bertz CT molecular complexity index is 1360. The van der Waals surface area contributed by atoms with Gasteiger partial charge in [0.1, 0.15) is 4.90 Å². The molecule has 10 heteroatoms. The van der Waals surface area contributed by atoms with Gasteiger partial charge in [0, 0.05) is 36.8 Å². The van der Waals surface area contributed by atoms with Crippen molar-refractivity contribution in [1.82, 2.24) is 19.5 Å². The van der Waals surface area contributed by atoms with E-state index in [0.717, 1.165) is 11.1 Å². The highest BCUT2D eigenvalue weighted by Gasteiger charge is 2.20. The number of benzene rings is 2. The highest BCUT2D eigenvalue weighted by Crippen LogP contribution is 2.23. The molecular weight excluding hydrogens is 462 g/mol. The molecule has 2 aromatic carbocycles. The van der Waals surface area contributed by atoms with Crippen molar-refractivity contribution in [3.63, 3.8) is 0 Å². The number of nitrogens with zero attached hydrogens (tertiary/aromatic N) is 3. The second-order valence-electron chi connectivity index (χ2n) is 7.16. The number of aromatic nitrogens is 3. The number of anilines is 1. The van der Waals surface area contributed by atoms with E-state index < -0.39 is 15.9 Å². The molecule has 2 heterocycles. The summed E-state index contributed by atoms with van der Waals surface area (Å²) in [6.45, 7) is 0.625. The third-order valence-corrected chi connectivity index (χ3v) is 6.65. The first-order chi connectivity index (χ1) is 15.9. The van der Waals surface area contributed by atoms with Gasteiger partial charge in [-0.25, -0.2) is 13.1 Å². The van der Waals surface area contributed by atoms with Crippen molar-refractivity contribution in [3.8, 4) is 0 Å². The van der Waals surface area contributed by atoms with Gasteiger partial charge in [-0.1, -0.05) is 41.9 Å². The van der Waals surface area contributed by atoms with Gasteiger partial charge in [0.2, 0.25) is 10.0 Å². The Kier molecular flexibility index (Phi) is 6.83. The van der Waals surface area contributed by atoms with Crippen molar-refractivity contribution in [2.24, 2.45) is 0 Å². The SMILES string of the molecule is O=C(Nc1ccn(Cc2ccncc2)n1)c1ccc(Cl)c(S(=O)(=O)NCc2ccccc2)c1. The zero-order valence-electron chi connectivity index (χ0n) is 17.3. The second kappa shape index (κ2) is 9.95. The molecule has 0 spiro atoms. The predicted molar refractivity (Wildman–Crippen MR) is 125 cm³/mol. The molecule has 0 aliphatic heterocycles. The van der Waals surface area contributed by atoms with Gasteiger partial charge in [-0.2, -0.15) is 5.10 Å². The summed E-state index contributed by atoms with van der Waals surface area (Å²) in [6.07, 6.45) is 5.13. The number of carbonyl (C=O) groups excluding carboxylic acids is 1. The van der Waals surface area contributed by atoms with Crippen LogP contribution in [-0.4, -0.2) is 29.1 Å². The summed E-state index contributed by atoms with van der Waals surface area (Å²) in [6, 6.07) is 18.6. The fourth-order valence-electron chi connectivity index (χ4n) is 3.08. The molecule has 0 fully saturated rings. The minimum absolute atomic E-state index is 0.0220. The molecule has 1 amide bonds. The van der Waals surface area contributed by atoms with Crippen LogP contribution in [0.25, 0.3) is 0 Å². The fraction of sp³-hybridized carbons (Fsp3) is 0.0870. The van der Waals surface area contributed by atoms with Crippen LogP contribution in [0.2, 0.25) is 5.02 Å². The molecule has 0 atom stereocenters. The summed E-state index contributed by atoms with van der Waals surface area (Å²) in [7, 11) is -3.94. The Morgan fingerprint density at radius 2 is 1.73 bits per heavy atom. The summed E-state index contributed by atoms with van der Waals surface area (Å²) in [5.74, 6) is -0.157. The molecule has 4 rings (SSSR count). The molecule has 168 valence electrons. The van der Waals surface area contributed by atoms with Crippen molar-refractivity contribution in [3.05, 3.63) is 107 Å². The second-order valence-corrected chi connectivity index (χ2v) is 9.31. The quantitative estimate of drug-likeness (QED) is 0.399. The summed E-state index contributed by atoms with van der Waals surface area (Å²) in [5.41, 5.74) is 1.96. The summed E-state index contributed by atoms with van der Waals surface area (Å²) < 4.78 is 29.8. The molecule has 0 saturated carbocycles. The largest absolute Gasteiger partial charge is 0.305 e. The Morgan fingerprint density at radius 3 is 2.48 bits per heavy atom. The standard InChI is InChI=1S/C23H20ClN5O3S/c24-20-7-6-19(14-21(20)33(31,32)26-15-17-4-2-1-3-5-17)23(30)27-22-10-13-29(28-22)16-18-8-11-25-12-9-18/h1-14,26H,15-16H2,(H,27,28,30). The minimum atomic E-state index is -3.94. The Labute approximate surface area is 196 Å². The fourth-order valence-corrected chi connectivity index (χ4v) is 4.62. The monoisotopic (exact) mass is 481 g/mol. The molecule has 2 aromatic heterocycles. The third kappa shape index (κ3) is 5.83. The summed E-state index contributed by atoms with van der Waals surface area (Å²) in [5, 5.41) is 7.03. The topological polar surface area (TPSA) is 106 Å². The van der Waals surface area contributed by atoms with Gasteiger partial charge in [-0.05, 0) is 41.5 Å². The van der Waals surface area contributed by atoms with E-state index in [1.807, 2.05) is 42.5 Å². The lowest BCUT2D eigenvalue weighted by atomic mass is 10.2.